The second-order valence-electron chi connectivity index (χ2n) is 6.77. The van der Waals surface area contributed by atoms with Gasteiger partial charge in [0.1, 0.15) is 5.75 Å². The van der Waals surface area contributed by atoms with Crippen molar-refractivity contribution in [2.45, 2.75) is 11.4 Å². The van der Waals surface area contributed by atoms with Crippen LogP contribution in [0.2, 0.25) is 0 Å². The molecule has 0 unspecified atom stereocenters. The van der Waals surface area contributed by atoms with Crippen molar-refractivity contribution < 1.29 is 26.7 Å². The van der Waals surface area contributed by atoms with Gasteiger partial charge in [-0.25, -0.2) is 17.2 Å². The molecular weight excluding hydrogens is 426 g/mol. The first kappa shape index (κ1) is 22.2. The number of nitrogens with zero attached hydrogens (tertiary/aromatic N) is 1. The van der Waals surface area contributed by atoms with Crippen molar-refractivity contribution in [1.82, 2.24) is 4.90 Å². The Balaban J connectivity index is 1.68. The lowest BCUT2D eigenvalue weighted by molar-refractivity contribution is 0.0785. The SMILES string of the molecule is COc1ccc(CN(C)C(=O)c2ccc(NS(=O)(=O)c3ccc(F)c(F)c3)cc2)cc1. The summed E-state index contributed by atoms with van der Waals surface area (Å²) in [6.45, 7) is 0.382. The second-order valence-corrected chi connectivity index (χ2v) is 8.45. The number of benzene rings is 3. The predicted octanol–water partition coefficient (Wildman–Crippen LogP) is 4.05. The van der Waals surface area contributed by atoms with Crippen LogP contribution in [0.5, 0.6) is 5.75 Å². The topological polar surface area (TPSA) is 75.7 Å². The molecule has 31 heavy (non-hydrogen) atoms. The van der Waals surface area contributed by atoms with Crippen molar-refractivity contribution in [2.75, 3.05) is 18.9 Å². The molecule has 3 rings (SSSR count). The summed E-state index contributed by atoms with van der Waals surface area (Å²) in [5.74, 6) is -1.92. The van der Waals surface area contributed by atoms with Gasteiger partial charge in [-0.3, -0.25) is 9.52 Å². The normalized spacial score (nSPS) is 11.1. The molecule has 3 aromatic carbocycles. The summed E-state index contributed by atoms with van der Waals surface area (Å²) < 4.78 is 58.5. The number of carbonyl (C=O) groups is 1. The van der Waals surface area contributed by atoms with E-state index in [1.807, 2.05) is 24.3 Å². The summed E-state index contributed by atoms with van der Waals surface area (Å²) in [6.07, 6.45) is 0. The minimum Gasteiger partial charge on any atom is -0.497 e. The molecule has 0 saturated heterocycles. The van der Waals surface area contributed by atoms with Gasteiger partial charge in [-0.05, 0) is 60.2 Å². The van der Waals surface area contributed by atoms with Crippen molar-refractivity contribution in [3.8, 4) is 5.75 Å². The number of carbonyl (C=O) groups excluding carboxylic acids is 1. The van der Waals surface area contributed by atoms with Crippen molar-refractivity contribution in [3.63, 3.8) is 0 Å². The molecule has 1 N–H and O–H groups in total. The zero-order valence-electron chi connectivity index (χ0n) is 16.8. The van der Waals surface area contributed by atoms with Crippen LogP contribution in [0.1, 0.15) is 15.9 Å². The summed E-state index contributed by atoms with van der Waals surface area (Å²) in [5.41, 5.74) is 1.47. The fourth-order valence-electron chi connectivity index (χ4n) is 2.84. The third kappa shape index (κ3) is 5.37. The number of sulfonamides is 1. The lowest BCUT2D eigenvalue weighted by atomic mass is 10.1. The van der Waals surface area contributed by atoms with Gasteiger partial charge in [-0.2, -0.15) is 0 Å². The number of anilines is 1. The van der Waals surface area contributed by atoms with Crippen LogP contribution in [0.15, 0.2) is 71.6 Å². The summed E-state index contributed by atoms with van der Waals surface area (Å²) in [6, 6.07) is 15.4. The molecule has 0 aliphatic carbocycles. The Labute approximate surface area is 179 Å². The van der Waals surface area contributed by atoms with E-state index in [1.165, 1.54) is 29.2 Å². The second kappa shape index (κ2) is 9.13. The van der Waals surface area contributed by atoms with Crippen LogP contribution in [0.4, 0.5) is 14.5 Å². The molecule has 6 nitrogen and oxygen atoms in total. The van der Waals surface area contributed by atoms with Crippen molar-refractivity contribution >= 4 is 21.6 Å². The van der Waals surface area contributed by atoms with Gasteiger partial charge in [-0.15, -0.1) is 0 Å². The highest BCUT2D eigenvalue weighted by molar-refractivity contribution is 7.92. The van der Waals surface area contributed by atoms with Crippen molar-refractivity contribution in [1.29, 1.82) is 0 Å². The van der Waals surface area contributed by atoms with Crippen molar-refractivity contribution in [2.24, 2.45) is 0 Å². The molecule has 0 heterocycles. The average molecular weight is 446 g/mol. The van der Waals surface area contributed by atoms with E-state index in [1.54, 1.807) is 14.2 Å². The van der Waals surface area contributed by atoms with Crippen LogP contribution in [0.3, 0.4) is 0 Å². The molecule has 0 aromatic heterocycles. The molecule has 0 atom stereocenters. The number of hydrogen-bond donors (Lipinski definition) is 1. The number of hydrogen-bond acceptors (Lipinski definition) is 4. The summed E-state index contributed by atoms with van der Waals surface area (Å²) in [4.78, 5) is 13.8. The zero-order chi connectivity index (χ0) is 22.6. The lowest BCUT2D eigenvalue weighted by Gasteiger charge is -2.18. The number of rotatable bonds is 7. The van der Waals surface area contributed by atoms with Crippen LogP contribution in [0, 0.1) is 11.6 Å². The van der Waals surface area contributed by atoms with Crippen LogP contribution in [0.25, 0.3) is 0 Å². The van der Waals surface area contributed by atoms with Crippen LogP contribution >= 0.6 is 0 Å². The highest BCUT2D eigenvalue weighted by Crippen LogP contribution is 2.20. The standard InChI is InChI=1S/C22H20F2N2O4S/c1-26(14-15-3-9-18(30-2)10-4-15)22(27)16-5-7-17(8-6-16)25-31(28,29)19-11-12-20(23)21(24)13-19/h3-13,25H,14H2,1-2H3. The quantitative estimate of drug-likeness (QED) is 0.594. The van der Waals surface area contributed by atoms with Gasteiger partial charge >= 0.3 is 0 Å². The summed E-state index contributed by atoms with van der Waals surface area (Å²) in [7, 11) is -0.876. The Morgan fingerprint density at radius 2 is 1.61 bits per heavy atom. The molecule has 162 valence electrons. The molecule has 0 bridgehead atoms. The first-order valence-electron chi connectivity index (χ1n) is 9.16. The van der Waals surface area contributed by atoms with E-state index in [4.69, 9.17) is 4.74 Å². The summed E-state index contributed by atoms with van der Waals surface area (Å²) in [5, 5.41) is 0. The van der Waals surface area contributed by atoms with Crippen LogP contribution < -0.4 is 9.46 Å². The molecule has 3 aromatic rings. The third-order valence-electron chi connectivity index (χ3n) is 4.51. The maximum atomic E-state index is 13.3. The number of amides is 1. The Bertz CT molecular complexity index is 1180. The fraction of sp³-hybridized carbons (Fsp3) is 0.136. The monoisotopic (exact) mass is 446 g/mol. The van der Waals surface area contributed by atoms with Crippen LogP contribution in [-0.2, 0) is 16.6 Å². The average Bonchev–Trinajstić information content (AvgIpc) is 2.76. The first-order chi connectivity index (χ1) is 14.7. The largest absolute Gasteiger partial charge is 0.497 e. The minimum absolute atomic E-state index is 0.180. The maximum absolute atomic E-state index is 13.3. The van der Waals surface area contributed by atoms with E-state index in [9.17, 15) is 22.0 Å². The van der Waals surface area contributed by atoms with Gasteiger partial charge in [0.25, 0.3) is 15.9 Å². The van der Waals surface area contributed by atoms with E-state index in [-0.39, 0.29) is 11.6 Å². The molecule has 0 fully saturated rings. The fourth-order valence-corrected chi connectivity index (χ4v) is 3.91. The van der Waals surface area contributed by atoms with E-state index >= 15 is 0 Å². The molecule has 0 aliphatic rings. The van der Waals surface area contributed by atoms with Gasteiger partial charge in [0.2, 0.25) is 0 Å². The third-order valence-corrected chi connectivity index (χ3v) is 5.89. The molecule has 1 amide bonds. The number of ether oxygens (including phenoxy) is 1. The van der Waals surface area contributed by atoms with E-state index in [0.29, 0.717) is 18.2 Å². The highest BCUT2D eigenvalue weighted by atomic mass is 32.2. The first-order valence-corrected chi connectivity index (χ1v) is 10.6. The van der Waals surface area contributed by atoms with Gasteiger partial charge in [0, 0.05) is 24.8 Å². The molecule has 0 saturated carbocycles. The summed E-state index contributed by atoms with van der Waals surface area (Å²) >= 11 is 0. The van der Waals surface area contributed by atoms with Crippen molar-refractivity contribution in [3.05, 3.63) is 89.5 Å². The van der Waals surface area contributed by atoms with E-state index < -0.39 is 26.6 Å². The molecule has 0 radical (unpaired) electrons. The lowest BCUT2D eigenvalue weighted by Crippen LogP contribution is -2.26. The highest BCUT2D eigenvalue weighted by Gasteiger charge is 2.18. The molecule has 0 aliphatic heterocycles. The molecular formula is C22H20F2N2O4S. The Morgan fingerprint density at radius 3 is 2.19 bits per heavy atom. The zero-order valence-corrected chi connectivity index (χ0v) is 17.6. The van der Waals surface area contributed by atoms with E-state index in [0.717, 1.165) is 23.4 Å². The van der Waals surface area contributed by atoms with Gasteiger partial charge in [0.05, 0.1) is 12.0 Å². The Hall–Kier alpha value is -3.46. The minimum atomic E-state index is -4.11. The number of methoxy groups -OCH3 is 1. The van der Waals surface area contributed by atoms with Crippen LogP contribution in [-0.4, -0.2) is 33.4 Å². The predicted molar refractivity (Wildman–Crippen MR) is 112 cm³/mol. The number of nitrogens with one attached hydrogen (secondary N) is 1. The van der Waals surface area contributed by atoms with Gasteiger partial charge in [-0.1, -0.05) is 12.1 Å². The molecule has 0 spiro atoms. The van der Waals surface area contributed by atoms with Gasteiger partial charge in [0.15, 0.2) is 11.6 Å². The Morgan fingerprint density at radius 1 is 0.968 bits per heavy atom. The maximum Gasteiger partial charge on any atom is 0.261 e. The Kier molecular flexibility index (Phi) is 6.55. The van der Waals surface area contributed by atoms with Gasteiger partial charge < -0.3 is 9.64 Å². The van der Waals surface area contributed by atoms with E-state index in [2.05, 4.69) is 4.72 Å². The number of halogens is 2. The smallest absolute Gasteiger partial charge is 0.261 e. The molecule has 9 heteroatoms.